The molecule has 0 amide bonds. The number of rotatable bonds is 3. The monoisotopic (exact) mass is 275 g/mol. The summed E-state index contributed by atoms with van der Waals surface area (Å²) < 4.78 is 13.3. The second-order valence-electron chi connectivity index (χ2n) is 6.92. The Hall–Kier alpha value is -0.890. The summed E-state index contributed by atoms with van der Waals surface area (Å²) in [5.41, 5.74) is 1.76. The zero-order chi connectivity index (χ0) is 14.0. The summed E-state index contributed by atoms with van der Waals surface area (Å²) >= 11 is 0. The highest BCUT2D eigenvalue weighted by Crippen LogP contribution is 2.49. The van der Waals surface area contributed by atoms with Crippen LogP contribution in [0.4, 0.5) is 4.39 Å². The van der Waals surface area contributed by atoms with Crippen molar-refractivity contribution in [3.05, 3.63) is 35.6 Å². The van der Waals surface area contributed by atoms with Gasteiger partial charge in [0.05, 0.1) is 0 Å². The fourth-order valence-corrected chi connectivity index (χ4v) is 4.25. The lowest BCUT2D eigenvalue weighted by Gasteiger charge is -2.38. The molecule has 2 aliphatic carbocycles. The molecule has 2 heteroatoms. The van der Waals surface area contributed by atoms with E-state index in [4.69, 9.17) is 0 Å². The van der Waals surface area contributed by atoms with Crippen molar-refractivity contribution in [2.45, 2.75) is 70.4 Å². The predicted molar refractivity (Wildman–Crippen MR) is 81.1 cm³/mol. The van der Waals surface area contributed by atoms with Crippen LogP contribution in [0.1, 0.15) is 69.9 Å². The maximum absolute atomic E-state index is 13.3. The Balaban J connectivity index is 1.54. The molecule has 0 heterocycles. The minimum absolute atomic E-state index is 0.135. The van der Waals surface area contributed by atoms with Gasteiger partial charge in [-0.3, -0.25) is 0 Å². The molecule has 2 aliphatic rings. The van der Waals surface area contributed by atoms with Crippen molar-refractivity contribution >= 4 is 0 Å². The highest BCUT2D eigenvalue weighted by atomic mass is 19.1. The van der Waals surface area contributed by atoms with Gasteiger partial charge in [-0.1, -0.05) is 25.0 Å². The van der Waals surface area contributed by atoms with E-state index in [1.165, 1.54) is 57.4 Å². The molecular formula is C18H26FN. The van der Waals surface area contributed by atoms with Gasteiger partial charge in [0.2, 0.25) is 0 Å². The number of hydrogen-bond acceptors (Lipinski definition) is 1. The van der Waals surface area contributed by atoms with Crippen molar-refractivity contribution in [3.63, 3.8) is 0 Å². The number of halogens is 1. The zero-order valence-electron chi connectivity index (χ0n) is 12.5. The van der Waals surface area contributed by atoms with Crippen molar-refractivity contribution in [2.75, 3.05) is 0 Å². The van der Waals surface area contributed by atoms with Crippen LogP contribution in [0, 0.1) is 11.2 Å². The van der Waals surface area contributed by atoms with Crippen LogP contribution >= 0.6 is 0 Å². The van der Waals surface area contributed by atoms with Gasteiger partial charge in [-0.15, -0.1) is 0 Å². The number of nitrogens with one attached hydrogen (secondary N) is 1. The summed E-state index contributed by atoms with van der Waals surface area (Å²) in [5.74, 6) is -0.135. The second kappa shape index (κ2) is 5.85. The molecule has 1 nitrogen and oxygen atoms in total. The maximum Gasteiger partial charge on any atom is 0.123 e. The van der Waals surface area contributed by atoms with Crippen LogP contribution in [0.5, 0.6) is 0 Å². The molecule has 1 N–H and O–H groups in total. The first-order chi connectivity index (χ1) is 9.67. The van der Waals surface area contributed by atoms with Crippen LogP contribution in [0.15, 0.2) is 24.3 Å². The fraction of sp³-hybridized carbons (Fsp3) is 0.667. The van der Waals surface area contributed by atoms with Crippen LogP contribution < -0.4 is 5.32 Å². The van der Waals surface area contributed by atoms with E-state index in [-0.39, 0.29) is 11.9 Å². The Bertz CT molecular complexity index is 440. The van der Waals surface area contributed by atoms with Crippen LogP contribution in [-0.2, 0) is 0 Å². The average Bonchev–Trinajstić information content (AvgIpc) is 2.90. The molecular weight excluding hydrogens is 249 g/mol. The maximum atomic E-state index is 13.3. The highest BCUT2D eigenvalue weighted by Gasteiger charge is 2.37. The molecule has 1 aromatic rings. The topological polar surface area (TPSA) is 12.0 Å². The third kappa shape index (κ3) is 3.06. The smallest absolute Gasteiger partial charge is 0.123 e. The molecule has 1 spiro atoms. The van der Waals surface area contributed by atoms with Crippen molar-refractivity contribution in [3.8, 4) is 0 Å². The molecule has 0 bridgehead atoms. The predicted octanol–water partition coefficient (Wildman–Crippen LogP) is 4.98. The van der Waals surface area contributed by atoms with E-state index < -0.39 is 0 Å². The van der Waals surface area contributed by atoms with E-state index in [9.17, 15) is 4.39 Å². The Morgan fingerprint density at radius 1 is 1.15 bits per heavy atom. The largest absolute Gasteiger partial charge is 0.307 e. The van der Waals surface area contributed by atoms with E-state index in [0.29, 0.717) is 11.5 Å². The number of hydrogen-bond donors (Lipinski definition) is 1. The summed E-state index contributed by atoms with van der Waals surface area (Å²) in [5, 5.41) is 3.70. The lowest BCUT2D eigenvalue weighted by molar-refractivity contribution is 0.164. The van der Waals surface area contributed by atoms with Crippen molar-refractivity contribution < 1.29 is 4.39 Å². The molecule has 110 valence electrons. The van der Waals surface area contributed by atoms with Gasteiger partial charge in [-0.05, 0) is 68.6 Å². The lowest BCUT2D eigenvalue weighted by atomic mass is 9.71. The van der Waals surface area contributed by atoms with Gasteiger partial charge in [-0.2, -0.15) is 0 Å². The molecule has 1 aromatic carbocycles. The quantitative estimate of drug-likeness (QED) is 0.820. The number of benzene rings is 1. The first-order valence-corrected chi connectivity index (χ1v) is 8.18. The zero-order valence-corrected chi connectivity index (χ0v) is 12.5. The standard InChI is InChI=1S/C18H26FN/c1-14(15-5-4-6-16(19)13-15)20-17-7-11-18(12-8-17)9-2-3-10-18/h4-6,13-14,17,20H,2-3,7-12H2,1H3/t14-/m1/s1. The van der Waals surface area contributed by atoms with Gasteiger partial charge in [0.25, 0.3) is 0 Å². The molecule has 0 aliphatic heterocycles. The first kappa shape index (κ1) is 14.1. The van der Waals surface area contributed by atoms with Crippen molar-refractivity contribution in [2.24, 2.45) is 5.41 Å². The third-order valence-electron chi connectivity index (χ3n) is 5.54. The molecule has 2 saturated carbocycles. The van der Waals surface area contributed by atoms with Crippen LogP contribution in [0.3, 0.4) is 0 Å². The summed E-state index contributed by atoms with van der Waals surface area (Å²) in [6.07, 6.45) is 11.2. The SMILES string of the molecule is C[C@@H](NC1CCC2(CCCC2)CC1)c1cccc(F)c1. The summed E-state index contributed by atoms with van der Waals surface area (Å²) in [4.78, 5) is 0. The van der Waals surface area contributed by atoms with Crippen molar-refractivity contribution in [1.82, 2.24) is 5.32 Å². The molecule has 0 aromatic heterocycles. The third-order valence-corrected chi connectivity index (χ3v) is 5.54. The van der Waals surface area contributed by atoms with Gasteiger partial charge < -0.3 is 5.32 Å². The van der Waals surface area contributed by atoms with E-state index in [1.54, 1.807) is 12.1 Å². The minimum atomic E-state index is -0.135. The average molecular weight is 275 g/mol. The highest BCUT2D eigenvalue weighted by molar-refractivity contribution is 5.19. The minimum Gasteiger partial charge on any atom is -0.307 e. The van der Waals surface area contributed by atoms with Gasteiger partial charge in [0.1, 0.15) is 5.82 Å². The van der Waals surface area contributed by atoms with E-state index in [2.05, 4.69) is 12.2 Å². The van der Waals surface area contributed by atoms with Gasteiger partial charge >= 0.3 is 0 Å². The van der Waals surface area contributed by atoms with Crippen LogP contribution in [0.2, 0.25) is 0 Å². The molecule has 1 atom stereocenters. The van der Waals surface area contributed by atoms with Gasteiger partial charge in [0, 0.05) is 12.1 Å². The van der Waals surface area contributed by atoms with E-state index in [1.807, 2.05) is 6.07 Å². The van der Waals surface area contributed by atoms with Gasteiger partial charge in [-0.25, -0.2) is 4.39 Å². The Labute approximate surface area is 122 Å². The molecule has 2 fully saturated rings. The lowest BCUT2D eigenvalue weighted by Crippen LogP contribution is -2.38. The second-order valence-corrected chi connectivity index (χ2v) is 6.92. The Morgan fingerprint density at radius 2 is 1.85 bits per heavy atom. The first-order valence-electron chi connectivity index (χ1n) is 8.18. The molecule has 0 saturated heterocycles. The molecule has 0 unspecified atom stereocenters. The summed E-state index contributed by atoms with van der Waals surface area (Å²) in [6, 6.07) is 7.84. The van der Waals surface area contributed by atoms with Gasteiger partial charge in [0.15, 0.2) is 0 Å². The summed E-state index contributed by atoms with van der Waals surface area (Å²) in [7, 11) is 0. The Kier molecular flexibility index (Phi) is 4.11. The Morgan fingerprint density at radius 3 is 2.50 bits per heavy atom. The van der Waals surface area contributed by atoms with Crippen LogP contribution in [0.25, 0.3) is 0 Å². The van der Waals surface area contributed by atoms with Crippen molar-refractivity contribution in [1.29, 1.82) is 0 Å². The summed E-state index contributed by atoms with van der Waals surface area (Å²) in [6.45, 7) is 2.15. The van der Waals surface area contributed by atoms with Crippen LogP contribution in [-0.4, -0.2) is 6.04 Å². The molecule has 0 radical (unpaired) electrons. The molecule has 20 heavy (non-hydrogen) atoms. The van der Waals surface area contributed by atoms with E-state index in [0.717, 1.165) is 5.56 Å². The molecule has 3 rings (SSSR count). The fourth-order valence-electron chi connectivity index (χ4n) is 4.25. The normalized spacial score (nSPS) is 24.1. The van der Waals surface area contributed by atoms with E-state index >= 15 is 0 Å².